The summed E-state index contributed by atoms with van der Waals surface area (Å²) in [6.07, 6.45) is 0.623. The van der Waals surface area contributed by atoms with Crippen LogP contribution in [0.4, 0.5) is 14.9 Å². The number of benzene rings is 1. The molecule has 6 heteroatoms. The molecule has 0 fully saturated rings. The number of primary amides is 1. The molecule has 1 unspecified atom stereocenters. The second-order valence-corrected chi connectivity index (χ2v) is 4.42. The Hall–Kier alpha value is -1.49. The lowest BCUT2D eigenvalue weighted by Gasteiger charge is -2.17. The van der Waals surface area contributed by atoms with Crippen molar-refractivity contribution in [1.82, 2.24) is 0 Å². The van der Waals surface area contributed by atoms with Crippen LogP contribution in [0.3, 0.4) is 0 Å². The van der Waals surface area contributed by atoms with Crippen LogP contribution >= 0.6 is 11.6 Å². The van der Waals surface area contributed by atoms with Gasteiger partial charge in [0.05, 0.1) is 5.69 Å². The lowest BCUT2D eigenvalue weighted by atomic mass is 10.0. The summed E-state index contributed by atoms with van der Waals surface area (Å²) in [5, 5.41) is 0.260. The Morgan fingerprint density at radius 2 is 2.22 bits per heavy atom. The highest BCUT2D eigenvalue weighted by atomic mass is 35.5. The highest BCUT2D eigenvalue weighted by Crippen LogP contribution is 2.24. The number of ether oxygens (including phenoxy) is 1. The molecule has 0 aliphatic rings. The standard InChI is InChI=1S/C12H16ClFN2O2/c1-2-3-8(18-12(16)17)4-7-5-11(15)10(14)6-9(7)13/h5-6,8H,2-4,15H2,1H3,(H2,16,17). The summed E-state index contributed by atoms with van der Waals surface area (Å²) in [6, 6.07) is 2.60. The molecule has 4 N–H and O–H groups in total. The maximum absolute atomic E-state index is 13.1. The molecule has 1 aromatic rings. The highest BCUT2D eigenvalue weighted by Gasteiger charge is 2.15. The average molecular weight is 275 g/mol. The van der Waals surface area contributed by atoms with Crippen molar-refractivity contribution in [2.75, 3.05) is 5.73 Å². The fourth-order valence-electron chi connectivity index (χ4n) is 1.70. The number of anilines is 1. The van der Waals surface area contributed by atoms with Crippen LogP contribution in [0, 0.1) is 5.82 Å². The van der Waals surface area contributed by atoms with E-state index in [4.69, 9.17) is 27.8 Å². The van der Waals surface area contributed by atoms with E-state index in [-0.39, 0.29) is 16.8 Å². The van der Waals surface area contributed by atoms with Gasteiger partial charge in [0.1, 0.15) is 11.9 Å². The molecule has 0 bridgehead atoms. The Kier molecular flexibility index (Phi) is 5.22. The van der Waals surface area contributed by atoms with E-state index in [2.05, 4.69) is 0 Å². The molecule has 0 saturated carbocycles. The lowest BCUT2D eigenvalue weighted by Crippen LogP contribution is -2.24. The molecule has 0 heterocycles. The van der Waals surface area contributed by atoms with E-state index in [0.717, 1.165) is 12.5 Å². The molecule has 1 atom stereocenters. The van der Waals surface area contributed by atoms with Gasteiger partial charge < -0.3 is 16.2 Å². The summed E-state index contributed by atoms with van der Waals surface area (Å²) >= 11 is 5.91. The Balaban J connectivity index is 2.86. The van der Waals surface area contributed by atoms with Crippen molar-refractivity contribution < 1.29 is 13.9 Å². The van der Waals surface area contributed by atoms with Gasteiger partial charge in [0.25, 0.3) is 0 Å². The summed E-state index contributed by atoms with van der Waals surface area (Å²) in [7, 11) is 0. The fourth-order valence-corrected chi connectivity index (χ4v) is 1.93. The third kappa shape index (κ3) is 4.07. The molecule has 0 saturated heterocycles. The maximum Gasteiger partial charge on any atom is 0.404 e. The number of halogens is 2. The fraction of sp³-hybridized carbons (Fsp3) is 0.417. The Morgan fingerprint density at radius 3 is 2.78 bits per heavy atom. The zero-order valence-corrected chi connectivity index (χ0v) is 10.8. The largest absolute Gasteiger partial charge is 0.446 e. The molecule has 100 valence electrons. The van der Waals surface area contributed by atoms with Crippen LogP contribution in [0.1, 0.15) is 25.3 Å². The van der Waals surface area contributed by atoms with E-state index >= 15 is 0 Å². The van der Waals surface area contributed by atoms with Gasteiger partial charge >= 0.3 is 6.09 Å². The quantitative estimate of drug-likeness (QED) is 0.811. The lowest BCUT2D eigenvalue weighted by molar-refractivity contribution is 0.101. The molecule has 1 amide bonds. The first-order valence-corrected chi connectivity index (χ1v) is 6.01. The van der Waals surface area contributed by atoms with E-state index in [1.807, 2.05) is 6.92 Å². The number of nitrogen functional groups attached to an aromatic ring is 1. The van der Waals surface area contributed by atoms with Gasteiger partial charge in [-0.05, 0) is 24.1 Å². The van der Waals surface area contributed by atoms with Crippen LogP contribution in [-0.2, 0) is 11.2 Å². The molecule has 0 spiro atoms. The van der Waals surface area contributed by atoms with Crippen molar-refractivity contribution in [3.05, 3.63) is 28.5 Å². The first-order chi connectivity index (χ1) is 8.43. The molecule has 1 rings (SSSR count). The minimum Gasteiger partial charge on any atom is -0.446 e. The van der Waals surface area contributed by atoms with Crippen molar-refractivity contribution in [3.8, 4) is 0 Å². The molecule has 18 heavy (non-hydrogen) atoms. The number of rotatable bonds is 5. The number of carbonyl (C=O) groups is 1. The van der Waals surface area contributed by atoms with E-state index in [0.29, 0.717) is 18.4 Å². The zero-order valence-electron chi connectivity index (χ0n) is 10.1. The second kappa shape index (κ2) is 6.44. The summed E-state index contributed by atoms with van der Waals surface area (Å²) in [5.41, 5.74) is 11.1. The predicted molar refractivity (Wildman–Crippen MR) is 68.9 cm³/mol. The number of nitrogens with two attached hydrogens (primary N) is 2. The monoisotopic (exact) mass is 274 g/mol. The molecule has 4 nitrogen and oxygen atoms in total. The van der Waals surface area contributed by atoms with Crippen LogP contribution in [0.2, 0.25) is 5.02 Å². The Labute approximate surface area is 110 Å². The van der Waals surface area contributed by atoms with Crippen molar-refractivity contribution in [3.63, 3.8) is 0 Å². The minimum absolute atomic E-state index is 0.0173. The Bertz CT molecular complexity index is 440. The first-order valence-electron chi connectivity index (χ1n) is 5.63. The van der Waals surface area contributed by atoms with Gasteiger partial charge in [-0.3, -0.25) is 0 Å². The van der Waals surface area contributed by atoms with Crippen molar-refractivity contribution in [2.24, 2.45) is 5.73 Å². The first kappa shape index (κ1) is 14.6. The molecule has 0 aromatic heterocycles. The number of hydrogen-bond donors (Lipinski definition) is 2. The molecular weight excluding hydrogens is 259 g/mol. The van der Waals surface area contributed by atoms with E-state index in [9.17, 15) is 9.18 Å². The molecule has 1 aromatic carbocycles. The average Bonchev–Trinajstić information content (AvgIpc) is 2.25. The van der Waals surface area contributed by atoms with Crippen molar-refractivity contribution in [1.29, 1.82) is 0 Å². The summed E-state index contributed by atoms with van der Waals surface area (Å²) in [4.78, 5) is 10.8. The minimum atomic E-state index is -0.834. The summed E-state index contributed by atoms with van der Waals surface area (Å²) < 4.78 is 18.1. The van der Waals surface area contributed by atoms with Crippen LogP contribution in [0.5, 0.6) is 0 Å². The Morgan fingerprint density at radius 1 is 1.56 bits per heavy atom. The van der Waals surface area contributed by atoms with E-state index in [1.165, 1.54) is 6.07 Å². The summed E-state index contributed by atoms with van der Waals surface area (Å²) in [6.45, 7) is 1.96. The van der Waals surface area contributed by atoms with Crippen molar-refractivity contribution >= 4 is 23.4 Å². The van der Waals surface area contributed by atoms with Gasteiger partial charge in [-0.25, -0.2) is 9.18 Å². The van der Waals surface area contributed by atoms with Gasteiger partial charge in [-0.2, -0.15) is 0 Å². The zero-order chi connectivity index (χ0) is 13.7. The van der Waals surface area contributed by atoms with Crippen LogP contribution in [0.15, 0.2) is 12.1 Å². The molecule has 0 aliphatic heterocycles. The second-order valence-electron chi connectivity index (χ2n) is 4.02. The van der Waals surface area contributed by atoms with E-state index < -0.39 is 11.9 Å². The van der Waals surface area contributed by atoms with Gasteiger partial charge in [-0.1, -0.05) is 24.9 Å². The third-order valence-electron chi connectivity index (χ3n) is 2.51. The topological polar surface area (TPSA) is 78.3 Å². The van der Waals surface area contributed by atoms with Gasteiger partial charge in [0.2, 0.25) is 0 Å². The number of amides is 1. The van der Waals surface area contributed by atoms with Gasteiger partial charge in [0, 0.05) is 11.4 Å². The van der Waals surface area contributed by atoms with Crippen LogP contribution < -0.4 is 11.5 Å². The predicted octanol–water partition coefficient (Wildman–Crippen LogP) is 2.87. The normalized spacial score (nSPS) is 12.2. The maximum atomic E-state index is 13.1. The van der Waals surface area contributed by atoms with E-state index in [1.54, 1.807) is 0 Å². The van der Waals surface area contributed by atoms with Crippen LogP contribution in [-0.4, -0.2) is 12.2 Å². The summed E-state index contributed by atoms with van der Waals surface area (Å²) in [5.74, 6) is -0.563. The third-order valence-corrected chi connectivity index (χ3v) is 2.86. The van der Waals surface area contributed by atoms with Gasteiger partial charge in [0.15, 0.2) is 0 Å². The molecule has 0 aliphatic carbocycles. The smallest absolute Gasteiger partial charge is 0.404 e. The molecular formula is C12H16ClFN2O2. The van der Waals surface area contributed by atoms with Crippen LogP contribution in [0.25, 0.3) is 0 Å². The number of carbonyl (C=O) groups excluding carboxylic acids is 1. The SMILES string of the molecule is CCCC(Cc1cc(N)c(F)cc1Cl)OC(N)=O. The highest BCUT2D eigenvalue weighted by molar-refractivity contribution is 6.31. The molecule has 0 radical (unpaired) electrons. The van der Waals surface area contributed by atoms with Gasteiger partial charge in [-0.15, -0.1) is 0 Å². The number of hydrogen-bond acceptors (Lipinski definition) is 3. The van der Waals surface area contributed by atoms with Crippen molar-refractivity contribution in [2.45, 2.75) is 32.3 Å².